The van der Waals surface area contributed by atoms with Crippen molar-refractivity contribution in [1.82, 2.24) is 16.0 Å². The van der Waals surface area contributed by atoms with E-state index in [1.165, 1.54) is 32.1 Å². The van der Waals surface area contributed by atoms with Crippen molar-refractivity contribution in [3.8, 4) is 0 Å². The molecule has 0 aromatic carbocycles. The van der Waals surface area contributed by atoms with Gasteiger partial charge in [-0.3, -0.25) is 9.79 Å². The third kappa shape index (κ3) is 9.40. The van der Waals surface area contributed by atoms with Gasteiger partial charge in [0.1, 0.15) is 0 Å². The van der Waals surface area contributed by atoms with Crippen LogP contribution in [0.4, 0.5) is 0 Å². The van der Waals surface area contributed by atoms with E-state index >= 15 is 0 Å². The molecule has 0 aliphatic heterocycles. The van der Waals surface area contributed by atoms with Crippen LogP contribution < -0.4 is 16.0 Å². The van der Waals surface area contributed by atoms with Crippen molar-refractivity contribution < 1.29 is 4.79 Å². The third-order valence-corrected chi connectivity index (χ3v) is 5.69. The van der Waals surface area contributed by atoms with E-state index < -0.39 is 0 Å². The summed E-state index contributed by atoms with van der Waals surface area (Å²) in [5, 5.41) is 9.56. The average Bonchev–Trinajstić information content (AvgIpc) is 2.57. The number of rotatable bonds is 9. The summed E-state index contributed by atoms with van der Waals surface area (Å²) in [4.78, 5) is 16.6. The number of hydrogen-bond donors (Lipinski definition) is 3. The lowest BCUT2D eigenvalue weighted by Crippen LogP contribution is -2.42. The number of hydrogen-bond acceptors (Lipinski definition) is 3. The summed E-state index contributed by atoms with van der Waals surface area (Å²) in [6.07, 6.45) is 9.14. The van der Waals surface area contributed by atoms with Crippen LogP contribution >= 0.6 is 11.8 Å². The Morgan fingerprint density at radius 2 is 1.79 bits per heavy atom. The molecular weight excluding hydrogens is 320 g/mol. The first-order valence-electron chi connectivity index (χ1n) is 9.31. The molecule has 1 rings (SSSR count). The highest BCUT2D eigenvalue weighted by molar-refractivity contribution is 7.99. The Morgan fingerprint density at radius 1 is 1.12 bits per heavy atom. The SMILES string of the molecule is CCNC(=NCC(C)(C)SC)NCCNC(=O)CC1CCCCC1. The number of carbonyl (C=O) groups excluding carboxylic acids is 1. The second kappa shape index (κ2) is 11.6. The van der Waals surface area contributed by atoms with Crippen LogP contribution in [0.5, 0.6) is 0 Å². The van der Waals surface area contributed by atoms with Gasteiger partial charge >= 0.3 is 0 Å². The standard InChI is InChI=1S/C18H36N4OS/c1-5-19-17(22-14-18(2,3)24-4)21-12-11-20-16(23)13-15-9-7-6-8-10-15/h15H,5-14H2,1-4H3,(H,20,23)(H2,19,21,22). The molecule has 1 aliphatic rings. The quantitative estimate of drug-likeness (QED) is 0.338. The molecule has 1 fully saturated rings. The van der Waals surface area contributed by atoms with E-state index in [2.05, 4.69) is 48.0 Å². The highest BCUT2D eigenvalue weighted by Crippen LogP contribution is 2.26. The van der Waals surface area contributed by atoms with Crippen molar-refractivity contribution in [1.29, 1.82) is 0 Å². The van der Waals surface area contributed by atoms with Crippen LogP contribution in [0.25, 0.3) is 0 Å². The zero-order valence-electron chi connectivity index (χ0n) is 15.9. The van der Waals surface area contributed by atoms with Crippen molar-refractivity contribution in [3.63, 3.8) is 0 Å². The van der Waals surface area contributed by atoms with Crippen LogP contribution in [0.15, 0.2) is 4.99 Å². The number of amides is 1. The second-order valence-corrected chi connectivity index (χ2v) is 8.66. The van der Waals surface area contributed by atoms with Gasteiger partial charge < -0.3 is 16.0 Å². The highest BCUT2D eigenvalue weighted by Gasteiger charge is 2.17. The van der Waals surface area contributed by atoms with E-state index in [0.717, 1.165) is 19.0 Å². The number of aliphatic imine (C=N–C) groups is 1. The van der Waals surface area contributed by atoms with Gasteiger partial charge in [-0.15, -0.1) is 0 Å². The van der Waals surface area contributed by atoms with Gasteiger partial charge in [-0.05, 0) is 45.8 Å². The zero-order chi connectivity index (χ0) is 17.8. The number of carbonyl (C=O) groups is 1. The third-order valence-electron chi connectivity index (χ3n) is 4.45. The Kier molecular flexibility index (Phi) is 10.2. The van der Waals surface area contributed by atoms with E-state index in [9.17, 15) is 4.79 Å². The van der Waals surface area contributed by atoms with Crippen LogP contribution in [0, 0.1) is 5.92 Å². The Balaban J connectivity index is 2.24. The van der Waals surface area contributed by atoms with E-state index in [1.54, 1.807) is 0 Å². The first kappa shape index (κ1) is 21.1. The summed E-state index contributed by atoms with van der Waals surface area (Å²) in [6, 6.07) is 0. The Bertz CT molecular complexity index is 392. The minimum absolute atomic E-state index is 0.135. The van der Waals surface area contributed by atoms with Gasteiger partial charge in [-0.25, -0.2) is 0 Å². The maximum atomic E-state index is 12.0. The van der Waals surface area contributed by atoms with Crippen molar-refractivity contribution in [2.75, 3.05) is 32.4 Å². The maximum Gasteiger partial charge on any atom is 0.220 e. The Morgan fingerprint density at radius 3 is 2.42 bits per heavy atom. The number of thioether (sulfide) groups is 1. The largest absolute Gasteiger partial charge is 0.357 e. The molecule has 1 saturated carbocycles. The predicted molar refractivity (Wildman–Crippen MR) is 106 cm³/mol. The van der Waals surface area contributed by atoms with E-state index in [4.69, 9.17) is 0 Å². The number of guanidine groups is 1. The fraction of sp³-hybridized carbons (Fsp3) is 0.889. The van der Waals surface area contributed by atoms with Crippen molar-refractivity contribution >= 4 is 23.6 Å². The highest BCUT2D eigenvalue weighted by atomic mass is 32.2. The molecule has 0 saturated heterocycles. The number of nitrogens with one attached hydrogen (secondary N) is 3. The molecule has 0 aromatic heterocycles. The lowest BCUT2D eigenvalue weighted by molar-refractivity contribution is -0.122. The summed E-state index contributed by atoms with van der Waals surface area (Å²) in [5.41, 5.74) is 0. The summed E-state index contributed by atoms with van der Waals surface area (Å²) in [6.45, 7) is 9.37. The summed E-state index contributed by atoms with van der Waals surface area (Å²) < 4.78 is 0.135. The molecule has 0 atom stereocenters. The van der Waals surface area contributed by atoms with Crippen LogP contribution in [0.1, 0.15) is 59.3 Å². The lowest BCUT2D eigenvalue weighted by atomic mass is 9.87. The average molecular weight is 357 g/mol. The molecule has 0 heterocycles. The smallest absolute Gasteiger partial charge is 0.220 e. The van der Waals surface area contributed by atoms with Gasteiger partial charge in [0.2, 0.25) is 5.91 Å². The predicted octanol–water partition coefficient (Wildman–Crippen LogP) is 2.77. The van der Waals surface area contributed by atoms with E-state index in [0.29, 0.717) is 25.4 Å². The summed E-state index contributed by atoms with van der Waals surface area (Å²) >= 11 is 1.82. The van der Waals surface area contributed by atoms with Crippen LogP contribution in [-0.2, 0) is 4.79 Å². The first-order valence-corrected chi connectivity index (χ1v) is 10.5. The molecule has 6 heteroatoms. The Labute approximate surface area is 152 Å². The molecule has 1 amide bonds. The van der Waals surface area contributed by atoms with Crippen LogP contribution in [0.2, 0.25) is 0 Å². The van der Waals surface area contributed by atoms with Gasteiger partial charge in [0.25, 0.3) is 0 Å². The van der Waals surface area contributed by atoms with E-state index in [-0.39, 0.29) is 10.7 Å². The molecule has 0 unspecified atom stereocenters. The molecule has 5 nitrogen and oxygen atoms in total. The normalized spacial score (nSPS) is 16.8. The van der Waals surface area contributed by atoms with Gasteiger partial charge in [-0.2, -0.15) is 11.8 Å². The fourth-order valence-electron chi connectivity index (χ4n) is 2.78. The molecule has 24 heavy (non-hydrogen) atoms. The van der Waals surface area contributed by atoms with Gasteiger partial charge in [0, 0.05) is 30.8 Å². The monoisotopic (exact) mass is 356 g/mol. The summed E-state index contributed by atoms with van der Waals surface area (Å²) in [5.74, 6) is 1.61. The molecule has 0 spiro atoms. The molecule has 1 aliphatic carbocycles. The molecule has 140 valence electrons. The maximum absolute atomic E-state index is 12.0. The first-order chi connectivity index (χ1) is 11.5. The fourth-order valence-corrected chi connectivity index (χ4v) is 2.98. The number of nitrogens with zero attached hydrogens (tertiary/aromatic N) is 1. The van der Waals surface area contributed by atoms with Gasteiger partial charge in [-0.1, -0.05) is 19.3 Å². The second-order valence-electron chi connectivity index (χ2n) is 7.14. The lowest BCUT2D eigenvalue weighted by Gasteiger charge is -2.21. The zero-order valence-corrected chi connectivity index (χ0v) is 16.7. The van der Waals surface area contributed by atoms with Gasteiger partial charge in [0.15, 0.2) is 5.96 Å². The molecule has 3 N–H and O–H groups in total. The molecule has 0 radical (unpaired) electrons. The van der Waals surface area contributed by atoms with Gasteiger partial charge in [0.05, 0.1) is 6.54 Å². The summed E-state index contributed by atoms with van der Waals surface area (Å²) in [7, 11) is 0. The van der Waals surface area contributed by atoms with Crippen molar-refractivity contribution in [2.24, 2.45) is 10.9 Å². The van der Waals surface area contributed by atoms with Crippen LogP contribution in [0.3, 0.4) is 0 Å². The van der Waals surface area contributed by atoms with Crippen molar-refractivity contribution in [2.45, 2.75) is 64.0 Å². The minimum atomic E-state index is 0.135. The van der Waals surface area contributed by atoms with E-state index in [1.807, 2.05) is 11.8 Å². The van der Waals surface area contributed by atoms with Crippen LogP contribution in [-0.4, -0.2) is 49.0 Å². The van der Waals surface area contributed by atoms with Crippen molar-refractivity contribution in [3.05, 3.63) is 0 Å². The molecule has 0 aromatic rings. The Hall–Kier alpha value is -0.910. The minimum Gasteiger partial charge on any atom is -0.357 e. The topological polar surface area (TPSA) is 65.5 Å². The molecule has 0 bridgehead atoms. The molecular formula is C18H36N4OS.